The van der Waals surface area contributed by atoms with Gasteiger partial charge in [0, 0.05) is 30.2 Å². The van der Waals surface area contributed by atoms with E-state index in [9.17, 15) is 4.79 Å². The number of hydrogen-bond acceptors (Lipinski definition) is 3. The van der Waals surface area contributed by atoms with Crippen molar-refractivity contribution >= 4 is 11.6 Å². The third kappa shape index (κ3) is 3.57. The Bertz CT molecular complexity index is 552. The summed E-state index contributed by atoms with van der Waals surface area (Å²) in [5.74, 6) is -0.0719. The highest BCUT2D eigenvalue weighted by atomic mass is 16.1. The van der Waals surface area contributed by atoms with Crippen LogP contribution in [-0.2, 0) is 0 Å². The van der Waals surface area contributed by atoms with Crippen molar-refractivity contribution in [3.8, 4) is 0 Å². The smallest absolute Gasteiger partial charge is 0.251 e. The number of nitrogens with zero attached hydrogens (tertiary/aromatic N) is 1. The molecule has 1 aromatic heterocycles. The van der Waals surface area contributed by atoms with Gasteiger partial charge in [0.15, 0.2) is 0 Å². The van der Waals surface area contributed by atoms with Crippen molar-refractivity contribution in [2.24, 2.45) is 0 Å². The molecular weight excluding hydrogens is 250 g/mol. The van der Waals surface area contributed by atoms with Crippen LogP contribution in [0.2, 0.25) is 0 Å². The van der Waals surface area contributed by atoms with Crippen LogP contribution in [0.15, 0.2) is 48.8 Å². The second-order valence-electron chi connectivity index (χ2n) is 4.58. The highest BCUT2D eigenvalue weighted by Gasteiger charge is 2.11. The van der Waals surface area contributed by atoms with Gasteiger partial charge in [-0.2, -0.15) is 0 Å². The Hall–Kier alpha value is -2.36. The number of hydrogen-bond donors (Lipinski definition) is 2. The van der Waals surface area contributed by atoms with Gasteiger partial charge >= 0.3 is 0 Å². The van der Waals surface area contributed by atoms with E-state index in [0.717, 1.165) is 17.8 Å². The summed E-state index contributed by atoms with van der Waals surface area (Å²) in [5.41, 5.74) is 2.72. The first-order valence-corrected chi connectivity index (χ1v) is 6.75. The lowest BCUT2D eigenvalue weighted by molar-refractivity contribution is 0.0940. The molecule has 104 valence electrons. The largest absolute Gasteiger partial charge is 0.385 e. The molecule has 0 bridgehead atoms. The van der Waals surface area contributed by atoms with Crippen molar-refractivity contribution in [3.05, 3.63) is 59.9 Å². The Balaban J connectivity index is 2.01. The van der Waals surface area contributed by atoms with Gasteiger partial charge in [0.05, 0.1) is 6.04 Å². The first-order valence-electron chi connectivity index (χ1n) is 6.75. The minimum absolute atomic E-state index is 0.0426. The Morgan fingerprint density at radius 2 is 1.80 bits per heavy atom. The van der Waals surface area contributed by atoms with E-state index in [1.807, 2.05) is 50.2 Å². The molecular formula is C16H19N3O. The minimum Gasteiger partial charge on any atom is -0.385 e. The Morgan fingerprint density at radius 3 is 2.40 bits per heavy atom. The minimum atomic E-state index is -0.0719. The SMILES string of the molecule is CCNc1ccc(C(=O)NC(C)c2ccncc2)cc1. The molecule has 0 saturated heterocycles. The van der Waals surface area contributed by atoms with E-state index in [1.165, 1.54) is 0 Å². The van der Waals surface area contributed by atoms with Gasteiger partial charge in [0.1, 0.15) is 0 Å². The molecule has 0 radical (unpaired) electrons. The summed E-state index contributed by atoms with van der Waals surface area (Å²) < 4.78 is 0. The van der Waals surface area contributed by atoms with Crippen molar-refractivity contribution in [2.45, 2.75) is 19.9 Å². The molecule has 1 amide bonds. The van der Waals surface area contributed by atoms with Gasteiger partial charge in [-0.3, -0.25) is 9.78 Å². The van der Waals surface area contributed by atoms with E-state index in [2.05, 4.69) is 15.6 Å². The number of benzene rings is 1. The molecule has 1 heterocycles. The van der Waals surface area contributed by atoms with E-state index in [-0.39, 0.29) is 11.9 Å². The summed E-state index contributed by atoms with van der Waals surface area (Å²) in [4.78, 5) is 16.1. The molecule has 0 saturated carbocycles. The van der Waals surface area contributed by atoms with Gasteiger partial charge in [-0.05, 0) is 55.8 Å². The van der Waals surface area contributed by atoms with Gasteiger partial charge in [-0.15, -0.1) is 0 Å². The van der Waals surface area contributed by atoms with Crippen LogP contribution >= 0.6 is 0 Å². The molecule has 4 heteroatoms. The normalized spacial score (nSPS) is 11.7. The average molecular weight is 269 g/mol. The average Bonchev–Trinajstić information content (AvgIpc) is 2.49. The molecule has 0 aliphatic heterocycles. The van der Waals surface area contributed by atoms with E-state index in [4.69, 9.17) is 0 Å². The predicted molar refractivity (Wildman–Crippen MR) is 80.7 cm³/mol. The number of rotatable bonds is 5. The highest BCUT2D eigenvalue weighted by molar-refractivity contribution is 5.94. The number of carbonyl (C=O) groups is 1. The molecule has 0 spiro atoms. The molecule has 2 aromatic rings. The molecule has 4 nitrogen and oxygen atoms in total. The third-order valence-corrected chi connectivity index (χ3v) is 3.08. The Labute approximate surface area is 119 Å². The quantitative estimate of drug-likeness (QED) is 0.877. The van der Waals surface area contributed by atoms with Gasteiger partial charge in [-0.25, -0.2) is 0 Å². The summed E-state index contributed by atoms with van der Waals surface area (Å²) in [6.07, 6.45) is 3.45. The Morgan fingerprint density at radius 1 is 1.15 bits per heavy atom. The van der Waals surface area contributed by atoms with E-state index < -0.39 is 0 Å². The first kappa shape index (κ1) is 14.1. The van der Waals surface area contributed by atoms with Crippen molar-refractivity contribution in [3.63, 3.8) is 0 Å². The molecule has 20 heavy (non-hydrogen) atoms. The summed E-state index contributed by atoms with van der Waals surface area (Å²) in [7, 11) is 0. The van der Waals surface area contributed by atoms with E-state index in [1.54, 1.807) is 12.4 Å². The van der Waals surface area contributed by atoms with Crippen LogP contribution in [0.5, 0.6) is 0 Å². The topological polar surface area (TPSA) is 54.0 Å². The maximum Gasteiger partial charge on any atom is 0.251 e. The molecule has 0 fully saturated rings. The maximum atomic E-state index is 12.2. The highest BCUT2D eigenvalue weighted by Crippen LogP contribution is 2.13. The van der Waals surface area contributed by atoms with Crippen LogP contribution in [0.3, 0.4) is 0 Å². The monoisotopic (exact) mass is 269 g/mol. The number of amides is 1. The van der Waals surface area contributed by atoms with E-state index in [0.29, 0.717) is 5.56 Å². The zero-order valence-electron chi connectivity index (χ0n) is 11.8. The van der Waals surface area contributed by atoms with E-state index >= 15 is 0 Å². The van der Waals surface area contributed by atoms with Gasteiger partial charge in [-0.1, -0.05) is 0 Å². The maximum absolute atomic E-state index is 12.2. The molecule has 2 rings (SSSR count). The first-order chi connectivity index (χ1) is 9.70. The second kappa shape index (κ2) is 6.70. The van der Waals surface area contributed by atoms with Gasteiger partial charge in [0.25, 0.3) is 5.91 Å². The lowest BCUT2D eigenvalue weighted by Crippen LogP contribution is -2.26. The standard InChI is InChI=1S/C16H19N3O/c1-3-18-15-6-4-14(5-7-15)16(20)19-12(2)13-8-10-17-11-9-13/h4-12,18H,3H2,1-2H3,(H,19,20). The van der Waals surface area contributed by atoms with Gasteiger partial charge < -0.3 is 10.6 Å². The summed E-state index contributed by atoms with van der Waals surface area (Å²) in [6.45, 7) is 4.86. The van der Waals surface area contributed by atoms with Crippen molar-refractivity contribution < 1.29 is 4.79 Å². The van der Waals surface area contributed by atoms with Crippen LogP contribution < -0.4 is 10.6 Å². The fourth-order valence-corrected chi connectivity index (χ4v) is 1.96. The van der Waals surface area contributed by atoms with Crippen LogP contribution in [0.4, 0.5) is 5.69 Å². The van der Waals surface area contributed by atoms with Crippen molar-refractivity contribution in [2.75, 3.05) is 11.9 Å². The second-order valence-corrected chi connectivity index (χ2v) is 4.58. The third-order valence-electron chi connectivity index (χ3n) is 3.08. The fraction of sp³-hybridized carbons (Fsp3) is 0.250. The summed E-state index contributed by atoms with van der Waals surface area (Å²) in [6, 6.07) is 11.2. The van der Waals surface area contributed by atoms with Crippen molar-refractivity contribution in [1.29, 1.82) is 0 Å². The molecule has 0 aliphatic rings. The summed E-state index contributed by atoms with van der Waals surface area (Å²) in [5, 5.41) is 6.18. The van der Waals surface area contributed by atoms with Gasteiger partial charge in [0.2, 0.25) is 0 Å². The van der Waals surface area contributed by atoms with Crippen LogP contribution in [-0.4, -0.2) is 17.4 Å². The number of nitrogens with one attached hydrogen (secondary N) is 2. The number of anilines is 1. The summed E-state index contributed by atoms with van der Waals surface area (Å²) >= 11 is 0. The number of carbonyl (C=O) groups excluding carboxylic acids is 1. The molecule has 1 atom stereocenters. The number of aromatic nitrogens is 1. The lowest BCUT2D eigenvalue weighted by atomic mass is 10.1. The zero-order valence-corrected chi connectivity index (χ0v) is 11.8. The van der Waals surface area contributed by atoms with Crippen LogP contribution in [0, 0.1) is 0 Å². The molecule has 2 N–H and O–H groups in total. The molecule has 0 aliphatic carbocycles. The fourth-order valence-electron chi connectivity index (χ4n) is 1.96. The molecule has 1 aromatic carbocycles. The predicted octanol–water partition coefficient (Wildman–Crippen LogP) is 3.00. The van der Waals surface area contributed by atoms with Crippen molar-refractivity contribution in [1.82, 2.24) is 10.3 Å². The Kier molecular flexibility index (Phi) is 4.71. The van der Waals surface area contributed by atoms with Crippen LogP contribution in [0.1, 0.15) is 35.8 Å². The lowest BCUT2D eigenvalue weighted by Gasteiger charge is -2.14. The zero-order chi connectivity index (χ0) is 14.4. The van der Waals surface area contributed by atoms with Crippen LogP contribution in [0.25, 0.3) is 0 Å². The number of pyridine rings is 1. The molecule has 1 unspecified atom stereocenters.